The van der Waals surface area contributed by atoms with Gasteiger partial charge in [-0.15, -0.1) is 0 Å². The first-order valence-corrected chi connectivity index (χ1v) is 2.27. The van der Waals surface area contributed by atoms with Gasteiger partial charge in [-0.25, -0.2) is 0 Å². The van der Waals surface area contributed by atoms with Crippen LogP contribution in [0.1, 0.15) is 0 Å². The second-order valence-corrected chi connectivity index (χ2v) is 1.39. The van der Waals surface area contributed by atoms with Crippen LogP contribution in [0.4, 0.5) is 0 Å². The zero-order chi connectivity index (χ0) is 7.28. The van der Waals surface area contributed by atoms with Crippen molar-refractivity contribution in [1.29, 1.82) is 0 Å². The first kappa shape index (κ1) is 23.6. The van der Waals surface area contributed by atoms with E-state index in [9.17, 15) is 9.59 Å². The summed E-state index contributed by atoms with van der Waals surface area (Å²) in [6.45, 7) is -0.626. The van der Waals surface area contributed by atoms with Gasteiger partial charge in [0.25, 0.3) is 0 Å². The van der Waals surface area contributed by atoms with Gasteiger partial charge in [-0.2, -0.15) is 0 Å². The van der Waals surface area contributed by atoms with E-state index in [4.69, 9.17) is 10.2 Å². The van der Waals surface area contributed by atoms with Crippen LogP contribution in [0.5, 0.6) is 0 Å². The maximum atomic E-state index is 9.73. The standard InChI is InChI=1S/C4H7NO4.3Na/c6-3(7)1-5-2-4(8)9;;;/h5H,1-2H2,(H,6,7)(H,8,9);;;/q;3*+1. The van der Waals surface area contributed by atoms with Gasteiger partial charge in [0.2, 0.25) is 0 Å². The second-order valence-electron chi connectivity index (χ2n) is 1.39. The van der Waals surface area contributed by atoms with E-state index in [1.807, 2.05) is 0 Å². The SMILES string of the molecule is O=C(O)CNCC(=O)O.[Na+].[Na+].[Na+]. The van der Waals surface area contributed by atoms with Crippen LogP contribution in [0.25, 0.3) is 0 Å². The monoisotopic (exact) mass is 202 g/mol. The van der Waals surface area contributed by atoms with Gasteiger partial charge in [-0.3, -0.25) is 14.9 Å². The molecule has 0 aliphatic carbocycles. The molecule has 0 unspecified atom stereocenters. The summed E-state index contributed by atoms with van der Waals surface area (Å²) < 4.78 is 0. The number of hydrogen-bond acceptors (Lipinski definition) is 3. The number of aliphatic carboxylic acids is 2. The molecule has 0 spiro atoms. The molecule has 5 nitrogen and oxygen atoms in total. The Kier molecular flexibility index (Phi) is 30.2. The molecule has 0 aliphatic heterocycles. The fraction of sp³-hybridized carbons (Fsp3) is 0.500. The van der Waals surface area contributed by atoms with E-state index in [1.54, 1.807) is 0 Å². The summed E-state index contributed by atoms with van der Waals surface area (Å²) in [7, 11) is 0. The van der Waals surface area contributed by atoms with Crippen LogP contribution in [-0.2, 0) is 9.59 Å². The van der Waals surface area contributed by atoms with Crippen LogP contribution in [0.15, 0.2) is 0 Å². The molecule has 0 amide bonds. The van der Waals surface area contributed by atoms with Gasteiger partial charge < -0.3 is 10.2 Å². The van der Waals surface area contributed by atoms with Crippen LogP contribution < -0.4 is 94.0 Å². The van der Waals surface area contributed by atoms with Gasteiger partial charge in [0.15, 0.2) is 0 Å². The number of nitrogens with one attached hydrogen (secondary N) is 1. The van der Waals surface area contributed by atoms with Crippen molar-refractivity contribution < 1.29 is 108 Å². The zero-order valence-electron chi connectivity index (χ0n) is 7.63. The Morgan fingerprint density at radius 1 is 0.917 bits per heavy atom. The summed E-state index contributed by atoms with van der Waals surface area (Å²) in [5.74, 6) is -2.12. The van der Waals surface area contributed by atoms with Gasteiger partial charge in [0.1, 0.15) is 0 Å². The molecule has 0 aromatic heterocycles. The average molecular weight is 202 g/mol. The second kappa shape index (κ2) is 15.4. The first-order valence-electron chi connectivity index (χ1n) is 2.27. The van der Waals surface area contributed by atoms with Crippen molar-refractivity contribution in [1.82, 2.24) is 5.32 Å². The van der Waals surface area contributed by atoms with Crippen molar-refractivity contribution in [2.75, 3.05) is 13.1 Å². The van der Waals surface area contributed by atoms with Gasteiger partial charge in [-0.1, -0.05) is 0 Å². The molecule has 8 heteroatoms. The molecule has 0 saturated carbocycles. The summed E-state index contributed by atoms with van der Waals surface area (Å²) >= 11 is 0. The van der Waals surface area contributed by atoms with Crippen molar-refractivity contribution in [2.24, 2.45) is 0 Å². The van der Waals surface area contributed by atoms with Crippen LogP contribution in [0.2, 0.25) is 0 Å². The molecule has 0 rings (SSSR count). The minimum absolute atomic E-state index is 0. The van der Waals surface area contributed by atoms with Crippen molar-refractivity contribution in [3.05, 3.63) is 0 Å². The fourth-order valence-corrected chi connectivity index (χ4v) is 0.276. The smallest absolute Gasteiger partial charge is 0.480 e. The molecule has 0 bridgehead atoms. The van der Waals surface area contributed by atoms with Crippen molar-refractivity contribution in [2.45, 2.75) is 0 Å². The normalized spacial score (nSPS) is 6.67. The number of carboxylic acids is 2. The number of carboxylic acid groups (broad SMARTS) is 2. The Balaban J connectivity index is -0.000000107. The van der Waals surface area contributed by atoms with Crippen LogP contribution in [0.3, 0.4) is 0 Å². The molecule has 0 radical (unpaired) electrons. The number of hydrogen-bond donors (Lipinski definition) is 3. The molecule has 12 heavy (non-hydrogen) atoms. The quantitative estimate of drug-likeness (QED) is 0.394. The van der Waals surface area contributed by atoms with Crippen molar-refractivity contribution in [3.8, 4) is 0 Å². The molecule has 52 valence electrons. The molecule has 0 aromatic rings. The topological polar surface area (TPSA) is 86.6 Å². The van der Waals surface area contributed by atoms with E-state index < -0.39 is 11.9 Å². The Morgan fingerprint density at radius 2 is 1.17 bits per heavy atom. The summed E-state index contributed by atoms with van der Waals surface area (Å²) in [6, 6.07) is 0. The Morgan fingerprint density at radius 3 is 1.33 bits per heavy atom. The first-order chi connectivity index (χ1) is 4.13. The van der Waals surface area contributed by atoms with E-state index in [2.05, 4.69) is 5.32 Å². The zero-order valence-corrected chi connectivity index (χ0v) is 13.6. The Hall–Kier alpha value is 1.90. The molecule has 3 N–H and O–H groups in total. The van der Waals surface area contributed by atoms with Gasteiger partial charge in [0.05, 0.1) is 13.1 Å². The van der Waals surface area contributed by atoms with E-state index in [1.165, 1.54) is 0 Å². The predicted octanol–water partition coefficient (Wildman–Crippen LogP) is -10.2. The Bertz CT molecular complexity index is 117. The fourth-order valence-electron chi connectivity index (χ4n) is 0.276. The summed E-state index contributed by atoms with van der Waals surface area (Å²) in [5, 5.41) is 18.1. The third-order valence-electron chi connectivity index (χ3n) is 0.552. The van der Waals surface area contributed by atoms with E-state index >= 15 is 0 Å². The minimum atomic E-state index is -1.06. The van der Waals surface area contributed by atoms with Crippen molar-refractivity contribution in [3.63, 3.8) is 0 Å². The predicted molar refractivity (Wildman–Crippen MR) is 28.1 cm³/mol. The molecule has 0 aromatic carbocycles. The van der Waals surface area contributed by atoms with Crippen LogP contribution >= 0.6 is 0 Å². The molecule has 0 aliphatic rings. The Labute approximate surface area is 137 Å². The third kappa shape index (κ3) is 22.7. The molecule has 0 fully saturated rings. The maximum absolute atomic E-state index is 9.73. The van der Waals surface area contributed by atoms with Crippen molar-refractivity contribution >= 4 is 11.9 Å². The van der Waals surface area contributed by atoms with Gasteiger partial charge in [0, 0.05) is 0 Å². The summed E-state index contributed by atoms with van der Waals surface area (Å²) in [6.07, 6.45) is 0. The molecular formula is C4H7NNa3O4+3. The average Bonchev–Trinajstić information content (AvgIpc) is 1.63. The molecule has 0 atom stereocenters. The van der Waals surface area contributed by atoms with Gasteiger partial charge in [-0.05, 0) is 0 Å². The maximum Gasteiger partial charge on any atom is 1.00 e. The van der Waals surface area contributed by atoms with Gasteiger partial charge >= 0.3 is 101 Å². The van der Waals surface area contributed by atoms with E-state index in [0.717, 1.165) is 0 Å². The number of rotatable bonds is 4. The van der Waals surface area contributed by atoms with Crippen LogP contribution in [-0.4, -0.2) is 35.2 Å². The number of carbonyl (C=O) groups is 2. The minimum Gasteiger partial charge on any atom is -0.480 e. The van der Waals surface area contributed by atoms with E-state index in [-0.39, 0.29) is 102 Å². The van der Waals surface area contributed by atoms with E-state index in [0.29, 0.717) is 0 Å². The largest absolute Gasteiger partial charge is 1.00 e. The summed E-state index contributed by atoms with van der Waals surface area (Å²) in [5.41, 5.74) is 0. The molecule has 0 saturated heterocycles. The third-order valence-corrected chi connectivity index (χ3v) is 0.552. The molecular weight excluding hydrogens is 195 g/mol. The summed E-state index contributed by atoms with van der Waals surface area (Å²) in [4.78, 5) is 19.5. The molecule has 0 heterocycles. The van der Waals surface area contributed by atoms with Crippen LogP contribution in [0, 0.1) is 0 Å².